The zero-order chi connectivity index (χ0) is 8.15. The van der Waals surface area contributed by atoms with E-state index in [1.165, 1.54) is 0 Å². The average Bonchev–Trinajstić information content (AvgIpc) is 2.00. The van der Waals surface area contributed by atoms with Crippen molar-refractivity contribution < 1.29 is 25.5 Å². The van der Waals surface area contributed by atoms with Gasteiger partial charge in [-0.1, -0.05) is 0 Å². The van der Waals surface area contributed by atoms with Crippen LogP contribution in [0.15, 0.2) is 0 Å². The molecular weight excluding hydrogens is 171 g/mol. The van der Waals surface area contributed by atoms with Crippen LogP contribution in [0.1, 0.15) is 0 Å². The van der Waals surface area contributed by atoms with E-state index in [4.69, 9.17) is 25.5 Å². The second-order valence-electron chi connectivity index (χ2n) is 1.99. The lowest BCUT2D eigenvalue weighted by Gasteiger charge is -2.19. The van der Waals surface area contributed by atoms with Gasteiger partial charge in [0.2, 0.25) is 0 Å². The van der Waals surface area contributed by atoms with E-state index in [-0.39, 0.29) is 9.90 Å². The van der Waals surface area contributed by atoms with Crippen molar-refractivity contribution in [3.05, 3.63) is 0 Å². The summed E-state index contributed by atoms with van der Waals surface area (Å²) in [6.07, 6.45) is -4.29. The van der Waals surface area contributed by atoms with Crippen LogP contribution in [0.3, 0.4) is 0 Å². The van der Waals surface area contributed by atoms with Crippen molar-refractivity contribution in [3.63, 3.8) is 0 Å². The van der Waals surface area contributed by atoms with Crippen LogP contribution in [0.25, 0.3) is 0 Å². The Hall–Kier alpha value is 0.230. The second-order valence-corrected chi connectivity index (χ2v) is 1.99. The van der Waals surface area contributed by atoms with E-state index in [0.717, 1.165) is 0 Å². The molecule has 0 aliphatic rings. The quantitative estimate of drug-likeness (QED) is 0.303. The maximum absolute atomic E-state index is 8.77. The molecule has 3 atom stereocenters. The molecule has 0 aromatic carbocycles. The maximum Gasteiger partial charge on any atom is 0.110 e. The molecule has 0 aromatic rings. The highest BCUT2D eigenvalue weighted by atomic mass is 31.0. The molecule has 6 heteroatoms. The number of hydrogen-bond acceptors (Lipinski definition) is 5. The first-order valence-corrected chi connectivity index (χ1v) is 2.89. The standard InChI is InChI=1S/C5H12O5.H3P/c6-1-3(8)5(10)4(9)2-7;/h3-10H,1-2H2;1H3. The van der Waals surface area contributed by atoms with Crippen molar-refractivity contribution in [2.45, 2.75) is 18.3 Å². The third-order valence-corrected chi connectivity index (χ3v) is 1.16. The van der Waals surface area contributed by atoms with Crippen LogP contribution in [0.4, 0.5) is 0 Å². The van der Waals surface area contributed by atoms with E-state index >= 15 is 0 Å². The first-order valence-electron chi connectivity index (χ1n) is 2.89. The van der Waals surface area contributed by atoms with Crippen LogP contribution < -0.4 is 0 Å². The fourth-order valence-electron chi connectivity index (χ4n) is 0.472. The lowest BCUT2D eigenvalue weighted by Crippen LogP contribution is -2.41. The summed E-state index contributed by atoms with van der Waals surface area (Å²) in [7, 11) is 0. The van der Waals surface area contributed by atoms with Gasteiger partial charge in [-0.3, -0.25) is 0 Å². The molecule has 5 nitrogen and oxygen atoms in total. The monoisotopic (exact) mass is 186 g/mol. The van der Waals surface area contributed by atoms with E-state index in [0.29, 0.717) is 0 Å². The zero-order valence-corrected chi connectivity index (χ0v) is 7.50. The van der Waals surface area contributed by atoms with Crippen molar-refractivity contribution in [3.8, 4) is 0 Å². The molecule has 5 N–H and O–H groups in total. The third-order valence-electron chi connectivity index (χ3n) is 1.16. The first kappa shape index (κ1) is 13.8. The topological polar surface area (TPSA) is 101 Å². The molecule has 0 saturated carbocycles. The van der Waals surface area contributed by atoms with E-state index in [1.54, 1.807) is 0 Å². The van der Waals surface area contributed by atoms with Gasteiger partial charge in [0.1, 0.15) is 18.3 Å². The molecule has 0 radical (unpaired) electrons. The molecule has 0 aromatic heterocycles. The van der Waals surface area contributed by atoms with E-state index < -0.39 is 31.5 Å². The summed E-state index contributed by atoms with van der Waals surface area (Å²) < 4.78 is 0. The predicted molar refractivity (Wildman–Crippen MR) is 43.3 cm³/mol. The molecule has 0 amide bonds. The number of rotatable bonds is 4. The predicted octanol–water partition coefficient (Wildman–Crippen LogP) is -2.89. The summed E-state index contributed by atoms with van der Waals surface area (Å²) in [5.41, 5.74) is 0. The van der Waals surface area contributed by atoms with E-state index in [9.17, 15) is 0 Å². The molecule has 0 aliphatic carbocycles. The molecule has 11 heavy (non-hydrogen) atoms. The fourth-order valence-corrected chi connectivity index (χ4v) is 0.472. The smallest absolute Gasteiger partial charge is 0.110 e. The first-order chi connectivity index (χ1) is 4.63. The summed E-state index contributed by atoms with van der Waals surface area (Å²) in [5.74, 6) is 0. The number of hydrogen-bond donors (Lipinski definition) is 5. The average molecular weight is 186 g/mol. The third kappa shape index (κ3) is 4.63. The van der Waals surface area contributed by atoms with Gasteiger partial charge in [-0.25, -0.2) is 0 Å². The van der Waals surface area contributed by atoms with Gasteiger partial charge >= 0.3 is 0 Å². The lowest BCUT2D eigenvalue weighted by molar-refractivity contribution is -0.0900. The Morgan fingerprint density at radius 3 is 1.27 bits per heavy atom. The Labute approximate surface area is 67.9 Å². The number of aliphatic hydroxyl groups is 5. The normalized spacial score (nSPS) is 18.3. The Morgan fingerprint density at radius 1 is 0.818 bits per heavy atom. The molecule has 0 saturated heterocycles. The Kier molecular flexibility index (Phi) is 8.67. The highest BCUT2D eigenvalue weighted by molar-refractivity contribution is 6.92. The molecular formula is C5H15O5P. The molecule has 0 bridgehead atoms. The van der Waals surface area contributed by atoms with Gasteiger partial charge < -0.3 is 25.5 Å². The summed E-state index contributed by atoms with van der Waals surface area (Å²) in [6.45, 7) is -1.28. The van der Waals surface area contributed by atoms with Crippen molar-refractivity contribution in [2.24, 2.45) is 0 Å². The SMILES string of the molecule is OCC(O)C(O)C(O)CO.P. The van der Waals surface area contributed by atoms with Crippen LogP contribution in [-0.2, 0) is 0 Å². The molecule has 0 aliphatic heterocycles. The van der Waals surface area contributed by atoms with Crippen molar-refractivity contribution in [2.75, 3.05) is 13.2 Å². The van der Waals surface area contributed by atoms with Gasteiger partial charge in [-0.2, -0.15) is 9.90 Å². The summed E-state index contributed by atoms with van der Waals surface area (Å²) in [5, 5.41) is 42.6. The Balaban J connectivity index is 0. The molecule has 70 valence electrons. The van der Waals surface area contributed by atoms with Crippen LogP contribution in [-0.4, -0.2) is 57.1 Å². The van der Waals surface area contributed by atoms with Crippen molar-refractivity contribution in [1.29, 1.82) is 0 Å². The minimum atomic E-state index is -1.49. The maximum atomic E-state index is 8.77. The minimum Gasteiger partial charge on any atom is -0.394 e. The van der Waals surface area contributed by atoms with Gasteiger partial charge in [-0.05, 0) is 0 Å². The molecule has 3 unspecified atom stereocenters. The van der Waals surface area contributed by atoms with Crippen LogP contribution in [0, 0.1) is 0 Å². The Bertz CT molecular complexity index is 80.9. The minimum absolute atomic E-state index is 0. The van der Waals surface area contributed by atoms with E-state index in [2.05, 4.69) is 0 Å². The van der Waals surface area contributed by atoms with Gasteiger partial charge in [0.25, 0.3) is 0 Å². The fraction of sp³-hybridized carbons (Fsp3) is 1.00. The zero-order valence-electron chi connectivity index (χ0n) is 6.09. The summed E-state index contributed by atoms with van der Waals surface area (Å²) in [4.78, 5) is 0. The summed E-state index contributed by atoms with van der Waals surface area (Å²) in [6, 6.07) is 0. The Morgan fingerprint density at radius 2 is 1.09 bits per heavy atom. The molecule has 0 fully saturated rings. The van der Waals surface area contributed by atoms with E-state index in [1.807, 2.05) is 0 Å². The van der Waals surface area contributed by atoms with Gasteiger partial charge in [-0.15, -0.1) is 0 Å². The van der Waals surface area contributed by atoms with Crippen LogP contribution >= 0.6 is 9.90 Å². The molecule has 0 rings (SSSR count). The largest absolute Gasteiger partial charge is 0.394 e. The highest BCUT2D eigenvalue weighted by Gasteiger charge is 2.22. The van der Waals surface area contributed by atoms with Gasteiger partial charge in [0, 0.05) is 0 Å². The highest BCUT2D eigenvalue weighted by Crippen LogP contribution is 1.97. The van der Waals surface area contributed by atoms with Gasteiger partial charge in [0.05, 0.1) is 13.2 Å². The van der Waals surface area contributed by atoms with Gasteiger partial charge in [0.15, 0.2) is 0 Å². The van der Waals surface area contributed by atoms with Crippen molar-refractivity contribution in [1.82, 2.24) is 0 Å². The van der Waals surface area contributed by atoms with Crippen LogP contribution in [0.2, 0.25) is 0 Å². The van der Waals surface area contributed by atoms with Crippen molar-refractivity contribution >= 4 is 9.90 Å². The number of aliphatic hydroxyl groups excluding tert-OH is 5. The van der Waals surface area contributed by atoms with Crippen LogP contribution in [0.5, 0.6) is 0 Å². The summed E-state index contributed by atoms with van der Waals surface area (Å²) >= 11 is 0. The lowest BCUT2D eigenvalue weighted by atomic mass is 10.1. The molecule has 0 heterocycles. The second kappa shape index (κ2) is 6.91. The molecule has 0 spiro atoms.